The zero-order chi connectivity index (χ0) is 20.9. The number of carboxylic acids is 1. The van der Waals surface area contributed by atoms with Gasteiger partial charge in [0.15, 0.2) is 0 Å². The van der Waals surface area contributed by atoms with Crippen molar-refractivity contribution >= 4 is 38.5 Å². The fourth-order valence-corrected chi connectivity index (χ4v) is 4.69. The molecule has 0 amide bonds. The van der Waals surface area contributed by atoms with E-state index in [-0.39, 0.29) is 6.54 Å². The summed E-state index contributed by atoms with van der Waals surface area (Å²) in [6, 6.07) is 9.58. The van der Waals surface area contributed by atoms with Crippen molar-refractivity contribution in [1.82, 2.24) is 13.5 Å². The van der Waals surface area contributed by atoms with Gasteiger partial charge in [-0.15, -0.1) is 0 Å². The van der Waals surface area contributed by atoms with Gasteiger partial charge in [-0.1, -0.05) is 18.2 Å². The third-order valence-corrected chi connectivity index (χ3v) is 5.95. The molecule has 0 spiro atoms. The lowest BCUT2D eigenvalue weighted by Gasteiger charge is -2.16. The topological polar surface area (TPSA) is 94.2 Å². The average Bonchev–Trinajstić information content (AvgIpc) is 3.07. The number of benzene rings is 2. The Bertz CT molecular complexity index is 1400. The highest BCUT2D eigenvalue weighted by Crippen LogP contribution is 2.28. The van der Waals surface area contributed by atoms with Gasteiger partial charge in [0, 0.05) is 5.39 Å². The summed E-state index contributed by atoms with van der Waals surface area (Å²) in [5.41, 5.74) is 2.12. The van der Waals surface area contributed by atoms with Crippen molar-refractivity contribution in [3.8, 4) is 0 Å². The van der Waals surface area contributed by atoms with Gasteiger partial charge in [0.05, 0.1) is 27.8 Å². The molecule has 0 bridgehead atoms. The molecule has 4 aromatic rings. The first-order chi connectivity index (χ1) is 13.8. The first kappa shape index (κ1) is 19.1. The van der Waals surface area contributed by atoms with Crippen LogP contribution >= 0.6 is 11.5 Å². The molecular weight excluding hydrogens is 390 g/mol. The van der Waals surface area contributed by atoms with Crippen LogP contribution in [0.2, 0.25) is 0 Å². The molecule has 2 heterocycles. The van der Waals surface area contributed by atoms with Crippen LogP contribution in [-0.4, -0.2) is 24.6 Å². The number of nitrogens with zero attached hydrogens (tertiary/aromatic N) is 3. The van der Waals surface area contributed by atoms with Gasteiger partial charge in [0.2, 0.25) is 0 Å². The molecule has 148 valence electrons. The molecule has 8 heteroatoms. The van der Waals surface area contributed by atoms with Gasteiger partial charge >= 0.3 is 11.7 Å². The molecule has 2 aromatic carbocycles. The minimum atomic E-state index is -1.28. The van der Waals surface area contributed by atoms with Crippen molar-refractivity contribution in [2.24, 2.45) is 0 Å². The molecule has 0 aliphatic heterocycles. The van der Waals surface area contributed by atoms with Gasteiger partial charge in [0.1, 0.15) is 6.04 Å². The van der Waals surface area contributed by atoms with E-state index in [1.807, 2.05) is 13.8 Å². The molecule has 0 radical (unpaired) electrons. The largest absolute Gasteiger partial charge is 0.480 e. The number of aromatic nitrogens is 3. The van der Waals surface area contributed by atoms with E-state index in [1.165, 1.54) is 23.0 Å². The van der Waals surface area contributed by atoms with Crippen molar-refractivity contribution < 1.29 is 9.90 Å². The Morgan fingerprint density at radius 2 is 1.93 bits per heavy atom. The Kier molecular flexibility index (Phi) is 4.58. The minimum absolute atomic E-state index is 0.149. The van der Waals surface area contributed by atoms with Crippen LogP contribution < -0.4 is 11.2 Å². The van der Waals surface area contributed by atoms with Gasteiger partial charge in [-0.05, 0) is 61.6 Å². The lowest BCUT2D eigenvalue weighted by Crippen LogP contribution is -2.43. The number of carboxylic acid groups (broad SMARTS) is 1. The Labute approximate surface area is 169 Å². The van der Waals surface area contributed by atoms with Crippen LogP contribution in [0.4, 0.5) is 0 Å². The highest BCUT2D eigenvalue weighted by Gasteiger charge is 2.22. The van der Waals surface area contributed by atoms with Crippen molar-refractivity contribution in [1.29, 1.82) is 0 Å². The van der Waals surface area contributed by atoms with Gasteiger partial charge in [0.25, 0.3) is 5.56 Å². The van der Waals surface area contributed by atoms with Gasteiger partial charge in [-0.3, -0.25) is 9.36 Å². The number of carbonyl (C=O) groups is 1. The van der Waals surface area contributed by atoms with Crippen LogP contribution in [0.5, 0.6) is 0 Å². The van der Waals surface area contributed by atoms with E-state index in [0.717, 1.165) is 31.5 Å². The van der Waals surface area contributed by atoms with Crippen LogP contribution in [0, 0.1) is 13.8 Å². The summed E-state index contributed by atoms with van der Waals surface area (Å²) >= 11 is 1.36. The Hall–Kier alpha value is -3.26. The Morgan fingerprint density at radius 3 is 2.66 bits per heavy atom. The maximum absolute atomic E-state index is 13.2. The molecule has 2 aromatic heterocycles. The van der Waals surface area contributed by atoms with E-state index in [2.05, 4.69) is 16.5 Å². The van der Waals surface area contributed by atoms with E-state index in [9.17, 15) is 19.5 Å². The predicted molar refractivity (Wildman–Crippen MR) is 113 cm³/mol. The molecule has 0 saturated heterocycles. The lowest BCUT2D eigenvalue weighted by molar-refractivity contribution is -0.140. The summed E-state index contributed by atoms with van der Waals surface area (Å²) in [6.07, 6.45) is 0. The molecule has 7 nitrogen and oxygen atoms in total. The van der Waals surface area contributed by atoms with E-state index in [1.54, 1.807) is 24.3 Å². The second-order valence-electron chi connectivity index (χ2n) is 7.16. The molecule has 0 unspecified atom stereocenters. The Balaban J connectivity index is 2.01. The first-order valence-corrected chi connectivity index (χ1v) is 9.89. The lowest BCUT2D eigenvalue weighted by atomic mass is 10.1. The number of rotatable bonds is 4. The summed E-state index contributed by atoms with van der Waals surface area (Å²) in [5, 5.41) is 10.7. The highest BCUT2D eigenvalue weighted by atomic mass is 32.1. The maximum Gasteiger partial charge on any atom is 0.332 e. The number of aryl methyl sites for hydroxylation is 2. The van der Waals surface area contributed by atoms with E-state index in [0.29, 0.717) is 10.9 Å². The standard InChI is InChI=1S/C21H19N3O4S/c1-11-8-12(2)18-15(22-29-17(18)9-11)10-23-16-7-5-4-6-14(16)19(25)24(21(23)28)13(3)20(26)27/h4-9,13H,10H2,1-3H3,(H,26,27)/t13-/m1/s1. The zero-order valence-electron chi connectivity index (χ0n) is 16.2. The summed E-state index contributed by atoms with van der Waals surface area (Å²) in [5.74, 6) is -1.24. The Morgan fingerprint density at radius 1 is 1.21 bits per heavy atom. The SMILES string of the molecule is Cc1cc(C)c2c(Cn3c(=O)n([C@H](C)C(=O)O)c(=O)c4ccccc43)nsc2c1. The number of hydrogen-bond donors (Lipinski definition) is 1. The molecule has 29 heavy (non-hydrogen) atoms. The quantitative estimate of drug-likeness (QED) is 0.559. The summed E-state index contributed by atoms with van der Waals surface area (Å²) in [6.45, 7) is 5.50. The van der Waals surface area contributed by atoms with Crippen molar-refractivity contribution in [3.63, 3.8) is 0 Å². The zero-order valence-corrected chi connectivity index (χ0v) is 17.0. The molecular formula is C21H19N3O4S. The molecule has 0 saturated carbocycles. The van der Waals surface area contributed by atoms with Crippen LogP contribution in [-0.2, 0) is 11.3 Å². The van der Waals surface area contributed by atoms with Gasteiger partial charge in [-0.25, -0.2) is 14.2 Å². The molecule has 1 atom stereocenters. The van der Waals surface area contributed by atoms with Crippen molar-refractivity contribution in [2.75, 3.05) is 0 Å². The first-order valence-electron chi connectivity index (χ1n) is 9.12. The third-order valence-electron chi connectivity index (χ3n) is 5.12. The second kappa shape index (κ2) is 6.97. The van der Waals surface area contributed by atoms with Gasteiger partial charge in [-0.2, -0.15) is 4.37 Å². The smallest absolute Gasteiger partial charge is 0.332 e. The van der Waals surface area contributed by atoms with E-state index < -0.39 is 23.3 Å². The monoisotopic (exact) mass is 409 g/mol. The number of aliphatic carboxylic acids is 1. The highest BCUT2D eigenvalue weighted by molar-refractivity contribution is 7.13. The maximum atomic E-state index is 13.2. The number of hydrogen-bond acceptors (Lipinski definition) is 5. The van der Waals surface area contributed by atoms with Gasteiger partial charge < -0.3 is 5.11 Å². The average molecular weight is 409 g/mol. The molecule has 1 N–H and O–H groups in total. The summed E-state index contributed by atoms with van der Waals surface area (Å²) in [7, 11) is 0. The number of fused-ring (bicyclic) bond motifs is 2. The number of para-hydroxylation sites is 1. The van der Waals surface area contributed by atoms with Crippen LogP contribution in [0.1, 0.15) is 29.8 Å². The summed E-state index contributed by atoms with van der Waals surface area (Å²) in [4.78, 5) is 37.5. The normalized spacial score (nSPS) is 12.5. The molecule has 0 aliphatic rings. The minimum Gasteiger partial charge on any atom is -0.480 e. The van der Waals surface area contributed by atoms with Crippen molar-refractivity contribution in [3.05, 3.63) is 74.1 Å². The molecule has 0 aliphatic carbocycles. The third kappa shape index (κ3) is 3.05. The van der Waals surface area contributed by atoms with Crippen LogP contribution in [0.25, 0.3) is 21.0 Å². The van der Waals surface area contributed by atoms with E-state index >= 15 is 0 Å². The molecule has 4 rings (SSSR count). The van der Waals surface area contributed by atoms with Crippen LogP contribution in [0.15, 0.2) is 46.0 Å². The fraction of sp³-hybridized carbons (Fsp3) is 0.238. The van der Waals surface area contributed by atoms with E-state index in [4.69, 9.17) is 0 Å². The predicted octanol–water partition coefficient (Wildman–Crippen LogP) is 3.08. The van der Waals surface area contributed by atoms with Crippen LogP contribution in [0.3, 0.4) is 0 Å². The molecule has 0 fully saturated rings. The summed E-state index contributed by atoms with van der Waals surface area (Å²) < 4.78 is 7.82. The second-order valence-corrected chi connectivity index (χ2v) is 7.96. The fourth-order valence-electron chi connectivity index (χ4n) is 3.72. The van der Waals surface area contributed by atoms with Crippen molar-refractivity contribution in [2.45, 2.75) is 33.4 Å².